The van der Waals surface area contributed by atoms with Crippen molar-refractivity contribution in [1.29, 1.82) is 0 Å². The quantitative estimate of drug-likeness (QED) is 0.449. The van der Waals surface area contributed by atoms with Crippen LogP contribution in [0.3, 0.4) is 0 Å². The van der Waals surface area contributed by atoms with Crippen molar-refractivity contribution in [3.63, 3.8) is 0 Å². The van der Waals surface area contributed by atoms with Crippen molar-refractivity contribution in [2.75, 3.05) is 7.05 Å². The fraction of sp³-hybridized carbons (Fsp3) is 0.0909. The van der Waals surface area contributed by atoms with E-state index in [1.54, 1.807) is 7.05 Å². The van der Waals surface area contributed by atoms with E-state index in [0.717, 1.165) is 16.9 Å². The summed E-state index contributed by atoms with van der Waals surface area (Å²) in [7, 11) is 1.70. The van der Waals surface area contributed by atoms with Crippen molar-refractivity contribution < 1.29 is 9.53 Å². The standard InChI is InChI=1S/C22H17NO2S2/c1-23-21(24)20(27-22(23)26)13-15-9-11-18(12-10-15)25-14-17-7-4-6-16-5-2-3-8-19(16)17/h2-13H,14H2,1H3. The highest BCUT2D eigenvalue weighted by atomic mass is 32.2. The summed E-state index contributed by atoms with van der Waals surface area (Å²) >= 11 is 6.48. The molecule has 5 heteroatoms. The minimum Gasteiger partial charge on any atom is -0.489 e. The van der Waals surface area contributed by atoms with Crippen molar-refractivity contribution >= 4 is 51.1 Å². The molecule has 0 saturated carbocycles. The van der Waals surface area contributed by atoms with Gasteiger partial charge in [-0.25, -0.2) is 0 Å². The van der Waals surface area contributed by atoms with Gasteiger partial charge >= 0.3 is 0 Å². The van der Waals surface area contributed by atoms with Crippen LogP contribution in [0, 0.1) is 0 Å². The Morgan fingerprint density at radius 2 is 1.78 bits per heavy atom. The largest absolute Gasteiger partial charge is 0.489 e. The first-order valence-corrected chi connectivity index (χ1v) is 9.75. The Kier molecular flexibility index (Phi) is 4.97. The molecule has 0 bridgehead atoms. The second-order valence-electron chi connectivity index (χ2n) is 6.24. The van der Waals surface area contributed by atoms with Crippen molar-refractivity contribution in [2.24, 2.45) is 0 Å². The van der Waals surface area contributed by atoms with Gasteiger partial charge < -0.3 is 4.74 Å². The molecule has 3 nitrogen and oxygen atoms in total. The number of likely N-dealkylation sites (N-methyl/N-ethyl adjacent to an activating group) is 1. The SMILES string of the molecule is CN1C(=O)C(=Cc2ccc(OCc3cccc4ccccc34)cc2)SC1=S. The molecule has 0 aliphatic carbocycles. The number of hydrogen-bond acceptors (Lipinski definition) is 4. The number of ether oxygens (including phenoxy) is 1. The predicted octanol–water partition coefficient (Wildman–Crippen LogP) is 5.25. The lowest BCUT2D eigenvalue weighted by atomic mass is 10.1. The number of hydrogen-bond donors (Lipinski definition) is 0. The summed E-state index contributed by atoms with van der Waals surface area (Å²) in [5.41, 5.74) is 2.10. The van der Waals surface area contributed by atoms with E-state index in [1.807, 2.05) is 48.5 Å². The molecular weight excluding hydrogens is 374 g/mol. The Labute approximate surface area is 167 Å². The number of rotatable bonds is 4. The van der Waals surface area contributed by atoms with Gasteiger partial charge in [0.25, 0.3) is 5.91 Å². The van der Waals surface area contributed by atoms with Crippen LogP contribution >= 0.6 is 24.0 Å². The molecule has 0 atom stereocenters. The zero-order valence-corrected chi connectivity index (χ0v) is 16.3. The number of carbonyl (C=O) groups is 1. The van der Waals surface area contributed by atoms with Crippen molar-refractivity contribution in [1.82, 2.24) is 4.90 Å². The Bertz CT molecular complexity index is 1050. The van der Waals surface area contributed by atoms with Gasteiger partial charge in [0, 0.05) is 7.05 Å². The third-order valence-electron chi connectivity index (χ3n) is 4.44. The van der Waals surface area contributed by atoms with Gasteiger partial charge in [0.2, 0.25) is 0 Å². The molecule has 1 saturated heterocycles. The molecule has 134 valence electrons. The fourth-order valence-electron chi connectivity index (χ4n) is 2.94. The third-order valence-corrected chi connectivity index (χ3v) is 5.92. The first-order valence-electron chi connectivity index (χ1n) is 8.53. The van der Waals surface area contributed by atoms with Crippen LogP contribution in [-0.4, -0.2) is 22.2 Å². The maximum atomic E-state index is 12.1. The summed E-state index contributed by atoms with van der Waals surface area (Å²) in [6, 6.07) is 22.3. The predicted molar refractivity (Wildman–Crippen MR) is 116 cm³/mol. The van der Waals surface area contributed by atoms with E-state index in [0.29, 0.717) is 15.8 Å². The van der Waals surface area contributed by atoms with Crippen LogP contribution in [0.1, 0.15) is 11.1 Å². The average Bonchev–Trinajstić information content (AvgIpc) is 2.94. The number of benzene rings is 3. The van der Waals surface area contributed by atoms with Gasteiger partial charge in [-0.05, 0) is 40.1 Å². The third kappa shape index (κ3) is 3.75. The highest BCUT2D eigenvalue weighted by molar-refractivity contribution is 8.26. The zero-order valence-electron chi connectivity index (χ0n) is 14.7. The van der Waals surface area contributed by atoms with Gasteiger partial charge in [0.1, 0.15) is 16.7 Å². The Hall–Kier alpha value is -2.63. The van der Waals surface area contributed by atoms with Gasteiger partial charge in [0.05, 0.1) is 4.91 Å². The molecule has 0 spiro atoms. The van der Waals surface area contributed by atoms with Crippen molar-refractivity contribution in [3.8, 4) is 5.75 Å². The monoisotopic (exact) mass is 391 g/mol. The molecule has 1 heterocycles. The van der Waals surface area contributed by atoms with Crippen LogP contribution < -0.4 is 4.74 Å². The minimum absolute atomic E-state index is 0.0544. The first-order chi connectivity index (χ1) is 13.1. The molecule has 3 aromatic rings. The highest BCUT2D eigenvalue weighted by Crippen LogP contribution is 2.31. The molecule has 1 aliphatic heterocycles. The molecule has 0 N–H and O–H groups in total. The van der Waals surface area contributed by atoms with Crippen molar-refractivity contribution in [2.45, 2.75) is 6.61 Å². The summed E-state index contributed by atoms with van der Waals surface area (Å²) in [4.78, 5) is 14.2. The van der Waals surface area contributed by atoms with E-state index in [9.17, 15) is 4.79 Å². The van der Waals surface area contributed by atoms with E-state index in [-0.39, 0.29) is 5.91 Å². The number of thioether (sulfide) groups is 1. The molecule has 0 radical (unpaired) electrons. The van der Waals surface area contributed by atoms with Gasteiger partial charge in [0.15, 0.2) is 0 Å². The molecule has 0 unspecified atom stereocenters. The second kappa shape index (κ2) is 7.55. The number of amides is 1. The Morgan fingerprint density at radius 3 is 2.52 bits per heavy atom. The molecule has 1 aliphatic rings. The summed E-state index contributed by atoms with van der Waals surface area (Å²) in [6.45, 7) is 0.509. The topological polar surface area (TPSA) is 29.5 Å². The normalized spacial score (nSPS) is 15.7. The fourth-order valence-corrected chi connectivity index (χ4v) is 4.12. The van der Waals surface area contributed by atoms with Gasteiger partial charge in [-0.1, -0.05) is 78.6 Å². The molecule has 0 aromatic heterocycles. The molecule has 1 fully saturated rings. The van der Waals surface area contributed by atoms with E-state index in [4.69, 9.17) is 17.0 Å². The van der Waals surface area contributed by atoms with Crippen LogP contribution in [0.2, 0.25) is 0 Å². The van der Waals surface area contributed by atoms with Crippen LogP contribution in [0.5, 0.6) is 5.75 Å². The molecule has 4 rings (SSSR count). The maximum Gasteiger partial charge on any atom is 0.265 e. The van der Waals surface area contributed by atoms with Crippen LogP contribution in [-0.2, 0) is 11.4 Å². The molecule has 3 aromatic carbocycles. The second-order valence-corrected chi connectivity index (χ2v) is 7.91. The first kappa shape index (κ1) is 17.8. The molecule has 1 amide bonds. The lowest BCUT2D eigenvalue weighted by Gasteiger charge is -2.09. The lowest BCUT2D eigenvalue weighted by Crippen LogP contribution is -2.22. The van der Waals surface area contributed by atoms with Crippen LogP contribution in [0.4, 0.5) is 0 Å². The highest BCUT2D eigenvalue weighted by Gasteiger charge is 2.28. The van der Waals surface area contributed by atoms with E-state index >= 15 is 0 Å². The van der Waals surface area contributed by atoms with E-state index in [1.165, 1.54) is 27.4 Å². The maximum absolute atomic E-state index is 12.1. The summed E-state index contributed by atoms with van der Waals surface area (Å²) in [5, 5.41) is 2.42. The van der Waals surface area contributed by atoms with E-state index in [2.05, 4.69) is 24.3 Å². The van der Waals surface area contributed by atoms with Gasteiger partial charge in [-0.3, -0.25) is 9.69 Å². The smallest absolute Gasteiger partial charge is 0.265 e. The van der Waals surface area contributed by atoms with Crippen LogP contribution in [0.25, 0.3) is 16.8 Å². The van der Waals surface area contributed by atoms with Crippen LogP contribution in [0.15, 0.2) is 71.6 Å². The van der Waals surface area contributed by atoms with Gasteiger partial charge in [-0.15, -0.1) is 0 Å². The lowest BCUT2D eigenvalue weighted by molar-refractivity contribution is -0.121. The van der Waals surface area contributed by atoms with Crippen molar-refractivity contribution in [3.05, 3.63) is 82.8 Å². The number of nitrogens with zero attached hydrogens (tertiary/aromatic N) is 1. The summed E-state index contributed by atoms with van der Waals surface area (Å²) < 4.78 is 6.54. The summed E-state index contributed by atoms with van der Waals surface area (Å²) in [5.74, 6) is 0.740. The zero-order chi connectivity index (χ0) is 18.8. The molecular formula is C22H17NO2S2. The minimum atomic E-state index is -0.0544. The average molecular weight is 392 g/mol. The number of fused-ring (bicyclic) bond motifs is 1. The number of thiocarbonyl (C=S) groups is 1. The van der Waals surface area contributed by atoms with Gasteiger partial charge in [-0.2, -0.15) is 0 Å². The molecule has 27 heavy (non-hydrogen) atoms. The summed E-state index contributed by atoms with van der Waals surface area (Å²) in [6.07, 6.45) is 1.86. The number of carbonyl (C=O) groups excluding carboxylic acids is 1. The van der Waals surface area contributed by atoms with E-state index < -0.39 is 0 Å². The Balaban J connectivity index is 1.47. The Morgan fingerprint density at radius 1 is 1.04 bits per heavy atom.